The first-order chi connectivity index (χ1) is 11.3. The second-order valence-corrected chi connectivity index (χ2v) is 6.42. The fourth-order valence-electron chi connectivity index (χ4n) is 2.04. The maximum atomic E-state index is 12.0. The topological polar surface area (TPSA) is 35.5 Å². The van der Waals surface area contributed by atoms with Gasteiger partial charge in [-0.3, -0.25) is 0 Å². The number of rotatable bonds is 14. The highest BCUT2D eigenvalue weighted by Crippen LogP contribution is 2.07. The van der Waals surface area contributed by atoms with E-state index >= 15 is 0 Å². The number of hydrogen-bond donors (Lipinski definition) is 0. The van der Waals surface area contributed by atoms with E-state index in [2.05, 4.69) is 41.6 Å². The van der Waals surface area contributed by atoms with Crippen LogP contribution in [0.5, 0.6) is 0 Å². The zero-order chi connectivity index (χ0) is 17.2. The fraction of sp³-hybridized carbons (Fsp3) is 0.842. The molecule has 0 bridgehead atoms. The van der Waals surface area contributed by atoms with E-state index in [9.17, 15) is 4.79 Å². The van der Waals surface area contributed by atoms with E-state index in [1.807, 2.05) is 0 Å². The lowest BCUT2D eigenvalue weighted by Crippen LogP contribution is -2.27. The standard InChI is InChI=1S/C19H33BrO3/c1-3-5-6-7-9-12-16-22-18(14-4-2)19(21)23-17-13-10-8-11-15-20/h18H,3-6,8,10-17H2,1-2H3. The van der Waals surface area contributed by atoms with Crippen molar-refractivity contribution in [1.29, 1.82) is 0 Å². The number of carbonyl (C=O) groups is 1. The molecular weight excluding hydrogens is 356 g/mol. The summed E-state index contributed by atoms with van der Waals surface area (Å²) in [5.41, 5.74) is 0. The monoisotopic (exact) mass is 388 g/mol. The van der Waals surface area contributed by atoms with Crippen molar-refractivity contribution in [3.8, 4) is 11.8 Å². The molecular formula is C19H33BrO3. The average Bonchev–Trinajstić information content (AvgIpc) is 2.56. The van der Waals surface area contributed by atoms with Gasteiger partial charge in [-0.2, -0.15) is 0 Å². The second kappa shape index (κ2) is 17.8. The lowest BCUT2D eigenvalue weighted by Gasteiger charge is -2.15. The molecule has 0 saturated heterocycles. The van der Waals surface area contributed by atoms with Gasteiger partial charge in [-0.15, -0.1) is 11.8 Å². The Bertz CT molecular complexity index is 333. The van der Waals surface area contributed by atoms with Crippen molar-refractivity contribution >= 4 is 21.9 Å². The van der Waals surface area contributed by atoms with Gasteiger partial charge in [0.15, 0.2) is 6.10 Å². The summed E-state index contributed by atoms with van der Waals surface area (Å²) in [4.78, 5) is 12.0. The number of esters is 1. The molecule has 0 aromatic rings. The van der Waals surface area contributed by atoms with Crippen LogP contribution < -0.4 is 0 Å². The number of alkyl halides is 1. The van der Waals surface area contributed by atoms with Crippen molar-refractivity contribution in [3.63, 3.8) is 0 Å². The van der Waals surface area contributed by atoms with E-state index in [1.54, 1.807) is 0 Å². The van der Waals surface area contributed by atoms with Crippen molar-refractivity contribution in [1.82, 2.24) is 0 Å². The van der Waals surface area contributed by atoms with Crippen molar-refractivity contribution in [3.05, 3.63) is 0 Å². The van der Waals surface area contributed by atoms with Crippen LogP contribution in [-0.4, -0.2) is 30.6 Å². The molecule has 0 N–H and O–H groups in total. The van der Waals surface area contributed by atoms with Crippen molar-refractivity contribution in [2.24, 2.45) is 0 Å². The van der Waals surface area contributed by atoms with E-state index in [0.717, 1.165) is 37.4 Å². The predicted molar refractivity (Wildman–Crippen MR) is 99.8 cm³/mol. The summed E-state index contributed by atoms with van der Waals surface area (Å²) in [5.74, 6) is 6.01. The Morgan fingerprint density at radius 2 is 1.70 bits per heavy atom. The first kappa shape index (κ1) is 22.5. The van der Waals surface area contributed by atoms with Crippen LogP contribution >= 0.6 is 15.9 Å². The maximum Gasteiger partial charge on any atom is 0.335 e. The fourth-order valence-corrected chi connectivity index (χ4v) is 2.44. The summed E-state index contributed by atoms with van der Waals surface area (Å²) in [6, 6.07) is 0. The Kier molecular flexibility index (Phi) is 17.4. The highest BCUT2D eigenvalue weighted by molar-refractivity contribution is 9.09. The Morgan fingerprint density at radius 3 is 2.39 bits per heavy atom. The lowest BCUT2D eigenvalue weighted by atomic mass is 10.2. The third-order valence-electron chi connectivity index (χ3n) is 3.41. The van der Waals surface area contributed by atoms with Gasteiger partial charge in [0.05, 0.1) is 13.2 Å². The predicted octanol–water partition coefficient (Wildman–Crippen LogP) is 5.25. The van der Waals surface area contributed by atoms with E-state index < -0.39 is 6.10 Å². The molecule has 0 aliphatic rings. The van der Waals surface area contributed by atoms with Crippen LogP contribution in [0.2, 0.25) is 0 Å². The molecule has 0 amide bonds. The molecule has 0 aliphatic heterocycles. The molecule has 0 aromatic heterocycles. The maximum absolute atomic E-state index is 12.0. The zero-order valence-electron chi connectivity index (χ0n) is 14.9. The van der Waals surface area contributed by atoms with Gasteiger partial charge in [0, 0.05) is 18.2 Å². The minimum atomic E-state index is -0.431. The SMILES string of the molecule is CCCCC#CCCOC(CCC)C(=O)OCCCCCCBr. The summed E-state index contributed by atoms with van der Waals surface area (Å²) >= 11 is 3.41. The zero-order valence-corrected chi connectivity index (χ0v) is 16.5. The van der Waals surface area contributed by atoms with Crippen LogP contribution in [0.15, 0.2) is 0 Å². The number of hydrogen-bond acceptors (Lipinski definition) is 3. The first-order valence-electron chi connectivity index (χ1n) is 9.06. The molecule has 3 nitrogen and oxygen atoms in total. The number of unbranched alkanes of at least 4 members (excludes halogenated alkanes) is 5. The summed E-state index contributed by atoms with van der Waals surface area (Å²) in [5, 5.41) is 1.04. The second-order valence-electron chi connectivity index (χ2n) is 5.63. The molecule has 1 atom stereocenters. The van der Waals surface area contributed by atoms with Gasteiger partial charge in [-0.1, -0.05) is 55.5 Å². The van der Waals surface area contributed by atoms with Crippen LogP contribution in [0.3, 0.4) is 0 Å². The van der Waals surface area contributed by atoms with Gasteiger partial charge < -0.3 is 9.47 Å². The Morgan fingerprint density at radius 1 is 0.957 bits per heavy atom. The van der Waals surface area contributed by atoms with Crippen LogP contribution in [0.25, 0.3) is 0 Å². The lowest BCUT2D eigenvalue weighted by molar-refractivity contribution is -0.157. The average molecular weight is 389 g/mol. The van der Waals surface area contributed by atoms with Crippen molar-refractivity contribution < 1.29 is 14.3 Å². The summed E-state index contributed by atoms with van der Waals surface area (Å²) < 4.78 is 11.0. The minimum absolute atomic E-state index is 0.216. The van der Waals surface area contributed by atoms with Gasteiger partial charge in [0.2, 0.25) is 0 Å². The van der Waals surface area contributed by atoms with Crippen LogP contribution in [0.1, 0.15) is 78.1 Å². The Labute approximate surface area is 151 Å². The van der Waals surface area contributed by atoms with E-state index in [4.69, 9.17) is 9.47 Å². The van der Waals surface area contributed by atoms with Gasteiger partial charge >= 0.3 is 5.97 Å². The Balaban J connectivity index is 3.84. The van der Waals surface area contributed by atoms with Crippen LogP contribution in [-0.2, 0) is 14.3 Å². The van der Waals surface area contributed by atoms with Gasteiger partial charge in [0.1, 0.15) is 0 Å². The van der Waals surface area contributed by atoms with Crippen molar-refractivity contribution in [2.75, 3.05) is 18.5 Å². The molecule has 0 radical (unpaired) electrons. The molecule has 0 saturated carbocycles. The third kappa shape index (κ3) is 14.8. The van der Waals surface area contributed by atoms with Gasteiger partial charge in [0.25, 0.3) is 0 Å². The van der Waals surface area contributed by atoms with Crippen LogP contribution in [0.4, 0.5) is 0 Å². The van der Waals surface area contributed by atoms with E-state index in [-0.39, 0.29) is 5.97 Å². The largest absolute Gasteiger partial charge is 0.464 e. The summed E-state index contributed by atoms with van der Waals surface area (Å²) in [6.07, 6.45) is 9.53. The molecule has 0 aromatic carbocycles. The van der Waals surface area contributed by atoms with Crippen molar-refractivity contribution in [2.45, 2.75) is 84.2 Å². The molecule has 1 unspecified atom stereocenters. The normalized spacial score (nSPS) is 11.6. The summed E-state index contributed by atoms with van der Waals surface area (Å²) in [7, 11) is 0. The van der Waals surface area contributed by atoms with E-state index in [0.29, 0.717) is 26.1 Å². The smallest absolute Gasteiger partial charge is 0.335 e. The van der Waals surface area contributed by atoms with Gasteiger partial charge in [-0.25, -0.2) is 4.79 Å². The quantitative estimate of drug-likeness (QED) is 0.176. The molecule has 0 aliphatic carbocycles. The number of ether oxygens (including phenoxy) is 2. The Hall–Kier alpha value is -0.530. The van der Waals surface area contributed by atoms with Crippen LogP contribution in [0, 0.1) is 11.8 Å². The summed E-state index contributed by atoms with van der Waals surface area (Å²) in [6.45, 7) is 5.22. The number of halogens is 1. The molecule has 23 heavy (non-hydrogen) atoms. The molecule has 4 heteroatoms. The number of carbonyl (C=O) groups excluding carboxylic acids is 1. The van der Waals surface area contributed by atoms with E-state index in [1.165, 1.54) is 19.3 Å². The highest BCUT2D eigenvalue weighted by atomic mass is 79.9. The first-order valence-corrected chi connectivity index (χ1v) is 10.2. The van der Waals surface area contributed by atoms with Gasteiger partial charge in [-0.05, 0) is 25.7 Å². The molecule has 0 fully saturated rings. The highest BCUT2D eigenvalue weighted by Gasteiger charge is 2.19. The molecule has 134 valence electrons. The third-order valence-corrected chi connectivity index (χ3v) is 3.97. The minimum Gasteiger partial charge on any atom is -0.464 e. The molecule has 0 spiro atoms. The molecule has 0 heterocycles. The molecule has 0 rings (SSSR count).